The fraction of sp³-hybridized carbons (Fsp3) is 0.176. The van der Waals surface area contributed by atoms with Crippen LogP contribution < -0.4 is 9.64 Å². The Bertz CT molecular complexity index is 1000. The van der Waals surface area contributed by atoms with Crippen LogP contribution in [0.5, 0.6) is 5.75 Å². The van der Waals surface area contributed by atoms with Gasteiger partial charge in [-0.25, -0.2) is 15.2 Å². The van der Waals surface area contributed by atoms with Gasteiger partial charge in [0, 0.05) is 24.9 Å². The molecule has 0 atom stereocenters. The fourth-order valence-electron chi connectivity index (χ4n) is 2.65. The molecule has 0 radical (unpaired) electrons. The predicted octanol–water partition coefficient (Wildman–Crippen LogP) is 5.04. The Morgan fingerprint density at radius 2 is 1.81 bits per heavy atom. The number of ether oxygens (including phenoxy) is 1. The first kappa shape index (κ1) is 18.5. The molecule has 3 aromatic rings. The maximum absolute atomic E-state index is 11.3. The van der Waals surface area contributed by atoms with E-state index in [1.807, 2.05) is 24.1 Å². The summed E-state index contributed by atoms with van der Waals surface area (Å²) in [6, 6.07) is 8.55. The Morgan fingerprint density at radius 1 is 1.15 bits per heavy atom. The average Bonchev–Trinajstić information content (AvgIpc) is 2.59. The van der Waals surface area contributed by atoms with Gasteiger partial charge >= 0.3 is 5.69 Å². The van der Waals surface area contributed by atoms with E-state index in [2.05, 4.69) is 41.8 Å². The molecule has 0 saturated carbocycles. The quantitative estimate of drug-likeness (QED) is 0.525. The highest BCUT2D eigenvalue weighted by Gasteiger charge is 2.19. The minimum atomic E-state index is -0.177. The van der Waals surface area contributed by atoms with E-state index in [1.54, 1.807) is 26.2 Å². The molecule has 0 aliphatic heterocycles. The molecule has 0 fully saturated rings. The van der Waals surface area contributed by atoms with Gasteiger partial charge in [0.2, 0.25) is 0 Å². The third-order valence-electron chi connectivity index (χ3n) is 3.88. The van der Waals surface area contributed by atoms with E-state index >= 15 is 0 Å². The first-order chi connectivity index (χ1) is 12.3. The summed E-state index contributed by atoms with van der Waals surface area (Å²) in [6.07, 6.45) is 0. The van der Waals surface area contributed by atoms with Gasteiger partial charge in [-0.3, -0.25) is 0 Å². The van der Waals surface area contributed by atoms with Gasteiger partial charge < -0.3 is 9.64 Å². The Labute approximate surface area is 166 Å². The standard InChI is InChI=1S/C17H15Br2N4O3/c1-9-20-15-5-4-10(23(24)25)6-12(15)17(21-9)22(2)11-7-13(18)16(26-3)14(19)8-11/h4-8H,1-3H3,(H,24,25)/q+1. The molecule has 9 heteroatoms. The lowest BCUT2D eigenvalue weighted by molar-refractivity contribution is -0.729. The van der Waals surface area contributed by atoms with Gasteiger partial charge in [0.15, 0.2) is 0 Å². The highest BCUT2D eigenvalue weighted by molar-refractivity contribution is 9.11. The molecule has 2 aromatic carbocycles. The number of benzene rings is 2. The number of aromatic nitrogens is 2. The zero-order chi connectivity index (χ0) is 19.0. The largest absolute Gasteiger partial charge is 0.494 e. The van der Waals surface area contributed by atoms with E-state index in [9.17, 15) is 10.1 Å². The Kier molecular flexibility index (Phi) is 5.10. The molecule has 26 heavy (non-hydrogen) atoms. The number of aryl methyl sites for hydroxylation is 1. The molecule has 0 bridgehead atoms. The summed E-state index contributed by atoms with van der Waals surface area (Å²) in [5.41, 5.74) is 1.63. The van der Waals surface area contributed by atoms with E-state index in [0.29, 0.717) is 28.3 Å². The molecule has 0 aliphatic carbocycles. The summed E-state index contributed by atoms with van der Waals surface area (Å²) >= 11 is 7.00. The van der Waals surface area contributed by atoms with E-state index in [4.69, 9.17) is 4.74 Å². The van der Waals surface area contributed by atoms with Crippen molar-refractivity contribution in [3.05, 3.63) is 50.0 Å². The van der Waals surface area contributed by atoms with Crippen LogP contribution in [-0.4, -0.2) is 34.3 Å². The maximum Gasteiger partial charge on any atom is 0.317 e. The van der Waals surface area contributed by atoms with Crippen LogP contribution in [0.1, 0.15) is 5.82 Å². The number of nitrogens with zero attached hydrogens (tertiary/aromatic N) is 4. The lowest BCUT2D eigenvalue weighted by Crippen LogP contribution is -2.13. The second-order valence-electron chi connectivity index (χ2n) is 5.57. The van der Waals surface area contributed by atoms with Crippen molar-refractivity contribution in [1.29, 1.82) is 0 Å². The molecule has 134 valence electrons. The van der Waals surface area contributed by atoms with Crippen LogP contribution in [0.25, 0.3) is 10.9 Å². The van der Waals surface area contributed by atoms with Crippen molar-refractivity contribution in [1.82, 2.24) is 9.97 Å². The van der Waals surface area contributed by atoms with Gasteiger partial charge in [0.25, 0.3) is 4.92 Å². The molecule has 0 saturated heterocycles. The summed E-state index contributed by atoms with van der Waals surface area (Å²) in [7, 11) is 3.46. The van der Waals surface area contributed by atoms with Crippen LogP contribution in [0.4, 0.5) is 17.2 Å². The van der Waals surface area contributed by atoms with Gasteiger partial charge in [-0.2, -0.15) is 0 Å². The monoisotopic (exact) mass is 481 g/mol. The summed E-state index contributed by atoms with van der Waals surface area (Å²) < 4.78 is 6.91. The number of methoxy groups -OCH3 is 1. The lowest BCUT2D eigenvalue weighted by Gasteiger charge is -2.21. The molecule has 0 amide bonds. The Morgan fingerprint density at radius 3 is 2.38 bits per heavy atom. The van der Waals surface area contributed by atoms with Crippen LogP contribution in [0.2, 0.25) is 0 Å². The van der Waals surface area contributed by atoms with Crippen molar-refractivity contribution < 1.29 is 14.9 Å². The van der Waals surface area contributed by atoms with E-state index < -0.39 is 0 Å². The second kappa shape index (κ2) is 7.16. The molecule has 1 aromatic heterocycles. The predicted molar refractivity (Wildman–Crippen MR) is 106 cm³/mol. The van der Waals surface area contributed by atoms with Crippen molar-refractivity contribution in [3.8, 4) is 5.75 Å². The zero-order valence-corrected chi connectivity index (χ0v) is 17.4. The highest BCUT2D eigenvalue weighted by atomic mass is 79.9. The summed E-state index contributed by atoms with van der Waals surface area (Å²) in [5, 5.41) is 9.86. The third-order valence-corrected chi connectivity index (χ3v) is 5.06. The second-order valence-corrected chi connectivity index (χ2v) is 7.28. The Balaban J connectivity index is 2.20. The number of halogens is 2. The number of fused-ring (bicyclic) bond motifs is 1. The molecule has 0 spiro atoms. The number of hydrogen-bond donors (Lipinski definition) is 1. The first-order valence-corrected chi connectivity index (χ1v) is 9.11. The molecule has 1 heterocycles. The normalized spacial score (nSPS) is 10.8. The summed E-state index contributed by atoms with van der Waals surface area (Å²) in [5.74, 6) is 1.90. The van der Waals surface area contributed by atoms with Gasteiger partial charge in [-0.1, -0.05) is 0 Å². The highest BCUT2D eigenvalue weighted by Crippen LogP contribution is 2.39. The van der Waals surface area contributed by atoms with Crippen molar-refractivity contribution >= 4 is 60.0 Å². The molecular weight excluding hydrogens is 468 g/mol. The van der Waals surface area contributed by atoms with Crippen LogP contribution in [0.15, 0.2) is 39.3 Å². The van der Waals surface area contributed by atoms with Crippen molar-refractivity contribution in [2.45, 2.75) is 6.92 Å². The maximum atomic E-state index is 11.3. The minimum absolute atomic E-state index is 0.108. The van der Waals surface area contributed by atoms with Gasteiger partial charge in [0.1, 0.15) is 17.4 Å². The number of rotatable bonds is 4. The molecule has 3 rings (SSSR count). The topological polar surface area (TPSA) is 78.6 Å². The zero-order valence-electron chi connectivity index (χ0n) is 14.2. The molecule has 1 N–H and O–H groups in total. The molecule has 7 nitrogen and oxygen atoms in total. The minimum Gasteiger partial charge on any atom is -0.494 e. The van der Waals surface area contributed by atoms with E-state index in [0.717, 1.165) is 14.6 Å². The summed E-state index contributed by atoms with van der Waals surface area (Å²) in [6.45, 7) is 1.80. The molecule has 0 aliphatic rings. The van der Waals surface area contributed by atoms with Gasteiger partial charge in [-0.05, 0) is 57.0 Å². The third kappa shape index (κ3) is 3.36. The summed E-state index contributed by atoms with van der Waals surface area (Å²) in [4.78, 5) is 21.9. The van der Waals surface area contributed by atoms with Gasteiger partial charge in [0.05, 0.1) is 31.9 Å². The van der Waals surface area contributed by atoms with Crippen LogP contribution in [0, 0.1) is 11.8 Å². The van der Waals surface area contributed by atoms with Gasteiger partial charge in [-0.15, -0.1) is 0 Å². The fourth-order valence-corrected chi connectivity index (χ4v) is 4.13. The van der Waals surface area contributed by atoms with Crippen LogP contribution in [0.3, 0.4) is 0 Å². The van der Waals surface area contributed by atoms with E-state index in [1.165, 1.54) is 6.07 Å². The number of hydrogen-bond acceptors (Lipinski definition) is 5. The van der Waals surface area contributed by atoms with Crippen molar-refractivity contribution in [2.24, 2.45) is 0 Å². The smallest absolute Gasteiger partial charge is 0.317 e. The van der Waals surface area contributed by atoms with Crippen LogP contribution in [-0.2, 0) is 0 Å². The molecular formula is C17H15Br2N4O3+. The number of anilines is 2. The van der Waals surface area contributed by atoms with Crippen LogP contribution >= 0.6 is 31.9 Å². The van der Waals surface area contributed by atoms with E-state index in [-0.39, 0.29) is 10.6 Å². The van der Waals surface area contributed by atoms with Crippen molar-refractivity contribution in [3.63, 3.8) is 0 Å². The average molecular weight is 483 g/mol. The first-order valence-electron chi connectivity index (χ1n) is 7.53. The Hall–Kier alpha value is -2.26. The SMILES string of the molecule is COc1c(Br)cc(N(C)c2nc(C)nc3ccc([N+](=O)O)cc23)cc1Br. The lowest BCUT2D eigenvalue weighted by atomic mass is 10.2. The van der Waals surface area contributed by atoms with Crippen molar-refractivity contribution in [2.75, 3.05) is 19.1 Å². The molecule has 0 unspecified atom stereocenters.